The van der Waals surface area contributed by atoms with Gasteiger partial charge in [0.2, 0.25) is 5.95 Å². The lowest BCUT2D eigenvalue weighted by Gasteiger charge is -2.26. The van der Waals surface area contributed by atoms with Crippen LogP contribution in [-0.4, -0.2) is 78.3 Å². The van der Waals surface area contributed by atoms with Crippen molar-refractivity contribution in [3.05, 3.63) is 72.3 Å². The number of phosphoric acid groups is 3. The Kier molecular flexibility index (Phi) is 13.6. The summed E-state index contributed by atoms with van der Waals surface area (Å²) in [5.41, 5.74) is 23.1. The van der Waals surface area contributed by atoms with Crippen LogP contribution < -0.4 is 16.0 Å². The number of rotatable bonds is 17. The SMILES string of the molecule is [N-]=[N+]=NCO[C@@H]1C[C@H](n2cc(C#CCOC(=O)c3ccc(OC4CCC4)cc3CN=[N+]=[N-])c3c(=O)[nH]c(N)nc32)O[C@@H]1COP(=O)(O)OP(=O)(O)OP(=O)(O)O. The predicted octanol–water partition coefficient (Wildman–Crippen LogP) is 3.54. The first-order chi connectivity index (χ1) is 26.5. The second kappa shape index (κ2) is 18.0. The minimum absolute atomic E-state index is 0.0493. The molecule has 1 saturated heterocycles. The number of azide groups is 2. The lowest BCUT2D eigenvalue weighted by atomic mass is 9.96. The second-order valence-electron chi connectivity index (χ2n) is 11.7. The Morgan fingerprint density at radius 2 is 1.88 bits per heavy atom. The third-order valence-corrected chi connectivity index (χ3v) is 11.7. The molecule has 7 N–H and O–H groups in total. The van der Waals surface area contributed by atoms with E-state index in [-0.39, 0.29) is 47.2 Å². The van der Waals surface area contributed by atoms with Gasteiger partial charge in [0.15, 0.2) is 12.3 Å². The lowest BCUT2D eigenvalue weighted by molar-refractivity contribution is -0.0581. The van der Waals surface area contributed by atoms with Crippen molar-refractivity contribution in [2.45, 2.75) is 56.8 Å². The van der Waals surface area contributed by atoms with Gasteiger partial charge in [0, 0.05) is 22.4 Å². The van der Waals surface area contributed by atoms with E-state index in [4.69, 9.17) is 50.1 Å². The Morgan fingerprint density at radius 3 is 2.55 bits per heavy atom. The molecule has 0 spiro atoms. The van der Waals surface area contributed by atoms with Crippen LogP contribution in [-0.2, 0) is 47.6 Å². The maximum atomic E-state index is 13.0. The van der Waals surface area contributed by atoms with E-state index in [1.807, 2.05) is 0 Å². The zero-order valence-electron chi connectivity index (χ0n) is 28.5. The van der Waals surface area contributed by atoms with Crippen LogP contribution in [0.15, 0.2) is 39.4 Å². The number of aromatic nitrogens is 3. The molecule has 2 aromatic heterocycles. The highest BCUT2D eigenvalue weighted by Gasteiger charge is 2.44. The average Bonchev–Trinajstić information content (AvgIpc) is 3.66. The molecule has 0 radical (unpaired) electrons. The van der Waals surface area contributed by atoms with Gasteiger partial charge in [-0.3, -0.25) is 14.3 Å². The standard InChI is InChI=1S/C27H31N10O16P3/c28-27-33-24-23(25(38)34-27)15(3-2-8-47-26(39)19-7-6-18(50-17-4-1-5-17)9-16(19)11-31-35-29)12-37(24)22-10-20(48-14-32-36-30)21(51-22)13-49-55(43,44)53-56(45,46)52-54(40,41)42/h6-7,9,12,17,20-22H,1,4-5,8,10-11,13-14H2,(H,43,44)(H,45,46)(H2,40,41,42)(H3,28,33,34,38)/t20-,21-,22-/m1/s1. The van der Waals surface area contributed by atoms with E-state index in [1.54, 1.807) is 12.1 Å². The Labute approximate surface area is 313 Å². The summed E-state index contributed by atoms with van der Waals surface area (Å²) in [4.78, 5) is 74.8. The number of nitrogen functional groups attached to an aromatic ring is 1. The van der Waals surface area contributed by atoms with E-state index < -0.39 is 73.4 Å². The third kappa shape index (κ3) is 11.4. The summed E-state index contributed by atoms with van der Waals surface area (Å²) in [5.74, 6) is 4.81. The van der Waals surface area contributed by atoms with Crippen LogP contribution in [0.3, 0.4) is 0 Å². The summed E-state index contributed by atoms with van der Waals surface area (Å²) in [6, 6.07) is 4.68. The Bertz CT molecular complexity index is 2340. The van der Waals surface area contributed by atoms with Crippen LogP contribution in [0.5, 0.6) is 5.75 Å². The van der Waals surface area contributed by atoms with Crippen molar-refractivity contribution < 1.29 is 70.2 Å². The van der Waals surface area contributed by atoms with E-state index in [9.17, 15) is 33.1 Å². The molecule has 2 aliphatic rings. The summed E-state index contributed by atoms with van der Waals surface area (Å²) in [7, 11) is -17.0. The number of nitrogens with two attached hydrogens (primary N) is 1. The van der Waals surface area contributed by atoms with Crippen LogP contribution in [0, 0.1) is 11.8 Å². The third-order valence-electron chi connectivity index (χ3n) is 7.87. The van der Waals surface area contributed by atoms with E-state index >= 15 is 0 Å². The number of esters is 1. The number of hydrogen-bond donors (Lipinski definition) is 6. The number of benzene rings is 1. The van der Waals surface area contributed by atoms with Gasteiger partial charge >= 0.3 is 29.4 Å². The molecule has 2 fully saturated rings. The van der Waals surface area contributed by atoms with Crippen molar-refractivity contribution in [1.82, 2.24) is 14.5 Å². The van der Waals surface area contributed by atoms with Gasteiger partial charge in [-0.25, -0.2) is 18.5 Å². The number of carbonyl (C=O) groups excluding carboxylic acids is 1. The van der Waals surface area contributed by atoms with Crippen molar-refractivity contribution in [2.24, 2.45) is 10.2 Å². The largest absolute Gasteiger partial charge is 0.490 e. The summed E-state index contributed by atoms with van der Waals surface area (Å²) in [5, 5.41) is 6.74. The topological polar surface area (TPSA) is 388 Å². The van der Waals surface area contributed by atoms with E-state index in [2.05, 4.69) is 50.5 Å². The first kappa shape index (κ1) is 42.4. The first-order valence-electron chi connectivity index (χ1n) is 15.9. The number of carbonyl (C=O) groups is 1. The van der Waals surface area contributed by atoms with Crippen molar-refractivity contribution in [3.8, 4) is 17.6 Å². The highest BCUT2D eigenvalue weighted by molar-refractivity contribution is 7.66. The number of aromatic amines is 1. The molecule has 56 heavy (non-hydrogen) atoms. The van der Waals surface area contributed by atoms with E-state index in [0.717, 1.165) is 19.3 Å². The highest BCUT2D eigenvalue weighted by atomic mass is 31.3. The Hall–Kier alpha value is -4.78. The fraction of sp³-hybridized carbons (Fsp3) is 0.444. The fourth-order valence-electron chi connectivity index (χ4n) is 5.38. The maximum absolute atomic E-state index is 13.0. The van der Waals surface area contributed by atoms with Gasteiger partial charge in [0.05, 0.1) is 41.9 Å². The van der Waals surface area contributed by atoms with Crippen LogP contribution in [0.1, 0.15) is 53.4 Å². The number of nitrogens with one attached hydrogen (secondary N) is 1. The predicted molar refractivity (Wildman–Crippen MR) is 187 cm³/mol. The molecule has 1 aliphatic heterocycles. The number of H-pyrrole nitrogens is 1. The second-order valence-corrected chi connectivity index (χ2v) is 16.1. The van der Waals surface area contributed by atoms with Crippen LogP contribution >= 0.6 is 23.5 Å². The number of phosphoric ester groups is 1. The molecule has 2 unspecified atom stereocenters. The minimum Gasteiger partial charge on any atom is -0.490 e. The normalized spacial score (nSPS) is 20.3. The van der Waals surface area contributed by atoms with Gasteiger partial charge in [0.1, 0.15) is 24.8 Å². The van der Waals surface area contributed by atoms with Gasteiger partial charge in [0.25, 0.3) is 5.56 Å². The molecule has 3 heterocycles. The number of hydrogen-bond acceptors (Lipinski definition) is 16. The van der Waals surface area contributed by atoms with Gasteiger partial charge in [-0.1, -0.05) is 22.1 Å². The van der Waals surface area contributed by atoms with Crippen molar-refractivity contribution in [1.29, 1.82) is 0 Å². The molecule has 1 aromatic carbocycles. The van der Waals surface area contributed by atoms with Crippen molar-refractivity contribution >= 4 is 46.4 Å². The monoisotopic (exact) mass is 844 g/mol. The van der Waals surface area contributed by atoms with Gasteiger partial charge in [-0.05, 0) is 54.1 Å². The molecule has 1 aliphatic carbocycles. The summed E-state index contributed by atoms with van der Waals surface area (Å²) in [6.07, 6.45) is 0.625. The van der Waals surface area contributed by atoms with E-state index in [0.29, 0.717) is 11.3 Å². The summed E-state index contributed by atoms with van der Waals surface area (Å²) < 4.78 is 71.1. The van der Waals surface area contributed by atoms with Crippen molar-refractivity contribution in [2.75, 3.05) is 25.7 Å². The molecule has 5 rings (SSSR count). The first-order valence-corrected chi connectivity index (χ1v) is 20.4. The van der Waals surface area contributed by atoms with Crippen LogP contribution in [0.25, 0.3) is 31.9 Å². The lowest BCUT2D eigenvalue weighted by Crippen LogP contribution is -2.29. The quantitative estimate of drug-likeness (QED) is 0.0282. The molecule has 300 valence electrons. The average molecular weight is 845 g/mol. The molecule has 26 nitrogen and oxygen atoms in total. The van der Waals surface area contributed by atoms with Crippen LogP contribution in [0.4, 0.5) is 5.95 Å². The zero-order valence-corrected chi connectivity index (χ0v) is 31.1. The fourth-order valence-corrected chi connectivity index (χ4v) is 8.41. The summed E-state index contributed by atoms with van der Waals surface area (Å²) in [6.45, 7) is -2.08. The number of ether oxygens (including phenoxy) is 4. The van der Waals surface area contributed by atoms with Gasteiger partial charge in [-0.15, -0.1) is 0 Å². The molecular formula is C27H31N10O16P3. The number of anilines is 1. The van der Waals surface area contributed by atoms with E-state index in [1.165, 1.54) is 16.8 Å². The smallest absolute Gasteiger partial charge is 0.490 e. The molecule has 0 amide bonds. The van der Waals surface area contributed by atoms with Gasteiger partial charge in [-0.2, -0.15) is 13.6 Å². The molecular weight excluding hydrogens is 813 g/mol. The summed E-state index contributed by atoms with van der Waals surface area (Å²) >= 11 is 0. The molecule has 5 atom stereocenters. The molecule has 29 heteroatoms. The molecule has 1 saturated carbocycles. The number of nitrogens with zero attached hydrogens (tertiary/aromatic N) is 8. The zero-order chi connectivity index (χ0) is 40.7. The molecule has 3 aromatic rings. The van der Waals surface area contributed by atoms with Crippen LogP contribution in [0.2, 0.25) is 0 Å². The van der Waals surface area contributed by atoms with Gasteiger partial charge < -0.3 is 48.8 Å². The van der Waals surface area contributed by atoms with Crippen molar-refractivity contribution in [3.63, 3.8) is 0 Å². The number of fused-ring (bicyclic) bond motifs is 1. The minimum atomic E-state index is -5.82. The molecule has 0 bridgehead atoms. The Balaban J connectivity index is 1.34. The maximum Gasteiger partial charge on any atom is 0.490 e. The highest BCUT2D eigenvalue weighted by Crippen LogP contribution is 2.66. The Morgan fingerprint density at radius 1 is 1.12 bits per heavy atom.